The number of fused-ring (bicyclic) bond motifs is 1. The molecule has 0 unspecified atom stereocenters. The van der Waals surface area contributed by atoms with Crippen molar-refractivity contribution >= 4 is 12.1 Å². The van der Waals surface area contributed by atoms with Crippen LogP contribution >= 0.6 is 0 Å². The fraction of sp³-hybridized carbons (Fsp3) is 0.652. The maximum atomic E-state index is 11.9. The summed E-state index contributed by atoms with van der Waals surface area (Å²) in [7, 11) is 1.80. The smallest absolute Gasteiger partial charge is 0.407 e. The van der Waals surface area contributed by atoms with Gasteiger partial charge in [-0.1, -0.05) is 12.1 Å². The van der Waals surface area contributed by atoms with E-state index >= 15 is 0 Å². The summed E-state index contributed by atoms with van der Waals surface area (Å²) in [6.07, 6.45) is 5.48. The molecule has 3 rings (SSSR count). The second-order valence-electron chi connectivity index (χ2n) is 9.13. The molecule has 1 aromatic rings. The van der Waals surface area contributed by atoms with Gasteiger partial charge in [0.1, 0.15) is 11.4 Å². The summed E-state index contributed by atoms with van der Waals surface area (Å²) in [4.78, 5) is 16.3. The summed E-state index contributed by atoms with van der Waals surface area (Å²) in [6, 6.07) is 7.01. The van der Waals surface area contributed by atoms with E-state index in [2.05, 4.69) is 39.1 Å². The Balaban J connectivity index is 1.36. The predicted molar refractivity (Wildman–Crippen MR) is 119 cm³/mol. The number of guanidine groups is 1. The van der Waals surface area contributed by atoms with Crippen molar-refractivity contribution in [2.24, 2.45) is 4.99 Å². The summed E-state index contributed by atoms with van der Waals surface area (Å²) < 4.78 is 10.9. The molecule has 166 valence electrons. The molecule has 1 amide bonds. The maximum Gasteiger partial charge on any atom is 0.407 e. The topological polar surface area (TPSA) is 84.0 Å². The van der Waals surface area contributed by atoms with Gasteiger partial charge < -0.3 is 25.4 Å². The van der Waals surface area contributed by atoms with Crippen molar-refractivity contribution in [1.82, 2.24) is 16.0 Å². The lowest BCUT2D eigenvalue weighted by atomic mass is 9.91. The molecule has 0 atom stereocenters. The number of carbonyl (C=O) groups is 1. The molecular formula is C23H36N4O3. The van der Waals surface area contributed by atoms with E-state index in [9.17, 15) is 4.79 Å². The number of nitrogens with zero attached hydrogens (tertiary/aromatic N) is 1. The molecule has 0 bridgehead atoms. The lowest BCUT2D eigenvalue weighted by Crippen LogP contribution is -2.48. The first-order chi connectivity index (χ1) is 14.3. The van der Waals surface area contributed by atoms with Crippen LogP contribution in [-0.4, -0.2) is 49.9 Å². The van der Waals surface area contributed by atoms with Crippen LogP contribution in [0.5, 0.6) is 5.75 Å². The second kappa shape index (κ2) is 10.0. The predicted octanol–water partition coefficient (Wildman–Crippen LogP) is 3.16. The molecule has 7 nitrogen and oxygen atoms in total. The van der Waals surface area contributed by atoms with Gasteiger partial charge in [-0.05, 0) is 70.1 Å². The monoisotopic (exact) mass is 416 g/mol. The summed E-state index contributed by atoms with van der Waals surface area (Å²) in [5.41, 5.74) is 2.16. The minimum Gasteiger partial charge on any atom is -0.493 e. The molecular weight excluding hydrogens is 380 g/mol. The Morgan fingerprint density at radius 2 is 1.87 bits per heavy atom. The Bertz CT molecular complexity index is 749. The quantitative estimate of drug-likeness (QED) is 0.507. The number of carbonyl (C=O) groups excluding carboxylic acids is 1. The Labute approximate surface area is 180 Å². The number of benzene rings is 1. The van der Waals surface area contributed by atoms with Crippen molar-refractivity contribution in [3.8, 4) is 5.75 Å². The van der Waals surface area contributed by atoms with Gasteiger partial charge in [-0.3, -0.25) is 4.99 Å². The third-order valence-corrected chi connectivity index (χ3v) is 5.47. The van der Waals surface area contributed by atoms with E-state index in [0.29, 0.717) is 6.04 Å². The SMILES string of the molecule is CN=C(NCCc1ccc2c(c1)CCO2)NC1CCC(NC(=O)OC(C)(C)C)CC1. The minimum atomic E-state index is -0.464. The Morgan fingerprint density at radius 1 is 1.17 bits per heavy atom. The van der Waals surface area contributed by atoms with E-state index in [-0.39, 0.29) is 12.1 Å². The van der Waals surface area contributed by atoms with Crippen molar-refractivity contribution in [3.05, 3.63) is 29.3 Å². The van der Waals surface area contributed by atoms with Crippen LogP contribution in [0.15, 0.2) is 23.2 Å². The number of ether oxygens (including phenoxy) is 2. The van der Waals surface area contributed by atoms with Gasteiger partial charge in [0.15, 0.2) is 5.96 Å². The van der Waals surface area contributed by atoms with Gasteiger partial charge >= 0.3 is 6.09 Å². The Hall–Kier alpha value is -2.44. The lowest BCUT2D eigenvalue weighted by molar-refractivity contribution is 0.0490. The minimum absolute atomic E-state index is 0.177. The van der Waals surface area contributed by atoms with Crippen molar-refractivity contribution in [2.45, 2.75) is 77.0 Å². The standard InChI is InChI=1S/C23H36N4O3/c1-23(2,3)30-22(28)27-19-8-6-18(7-9-19)26-21(24-4)25-13-11-16-5-10-20-17(15-16)12-14-29-20/h5,10,15,18-19H,6-9,11-14H2,1-4H3,(H,27,28)(H2,24,25,26). The number of nitrogens with one attached hydrogen (secondary N) is 3. The normalized spacial score (nSPS) is 21.4. The molecule has 1 aliphatic heterocycles. The van der Waals surface area contributed by atoms with Gasteiger partial charge in [0.25, 0.3) is 0 Å². The van der Waals surface area contributed by atoms with Gasteiger partial charge in [-0.25, -0.2) is 4.79 Å². The van der Waals surface area contributed by atoms with Gasteiger partial charge in [0.2, 0.25) is 0 Å². The Morgan fingerprint density at radius 3 is 2.53 bits per heavy atom. The molecule has 1 aliphatic carbocycles. The van der Waals surface area contributed by atoms with E-state index in [0.717, 1.165) is 63.4 Å². The molecule has 1 aromatic carbocycles. The number of alkyl carbamates (subject to hydrolysis) is 1. The molecule has 0 saturated heterocycles. The maximum absolute atomic E-state index is 11.9. The number of aliphatic imine (C=N–C) groups is 1. The largest absolute Gasteiger partial charge is 0.493 e. The molecule has 7 heteroatoms. The van der Waals surface area contributed by atoms with E-state index < -0.39 is 5.60 Å². The van der Waals surface area contributed by atoms with Crippen LogP contribution in [0.1, 0.15) is 57.6 Å². The van der Waals surface area contributed by atoms with Gasteiger partial charge in [0.05, 0.1) is 6.61 Å². The second-order valence-corrected chi connectivity index (χ2v) is 9.13. The van der Waals surface area contributed by atoms with Gasteiger partial charge in [-0.2, -0.15) is 0 Å². The molecule has 3 N–H and O–H groups in total. The highest BCUT2D eigenvalue weighted by molar-refractivity contribution is 5.80. The summed E-state index contributed by atoms with van der Waals surface area (Å²) in [5, 5.41) is 9.93. The Kier molecular flexibility index (Phi) is 7.45. The molecule has 30 heavy (non-hydrogen) atoms. The average Bonchev–Trinajstić information content (AvgIpc) is 3.15. The van der Waals surface area contributed by atoms with E-state index in [4.69, 9.17) is 9.47 Å². The first-order valence-electron chi connectivity index (χ1n) is 11.0. The highest BCUT2D eigenvalue weighted by Crippen LogP contribution is 2.26. The van der Waals surface area contributed by atoms with Crippen LogP contribution in [0.25, 0.3) is 0 Å². The zero-order valence-electron chi connectivity index (χ0n) is 18.7. The molecule has 2 aliphatic rings. The highest BCUT2D eigenvalue weighted by Gasteiger charge is 2.25. The summed E-state index contributed by atoms with van der Waals surface area (Å²) in [6.45, 7) is 7.26. The lowest BCUT2D eigenvalue weighted by Gasteiger charge is -2.31. The number of hydrogen-bond acceptors (Lipinski definition) is 4. The van der Waals surface area contributed by atoms with Crippen molar-refractivity contribution in [3.63, 3.8) is 0 Å². The summed E-state index contributed by atoms with van der Waals surface area (Å²) in [5.74, 6) is 1.86. The van der Waals surface area contributed by atoms with Crippen LogP contribution in [0.4, 0.5) is 4.79 Å². The third-order valence-electron chi connectivity index (χ3n) is 5.47. The van der Waals surface area contributed by atoms with Gasteiger partial charge in [0, 0.05) is 32.1 Å². The number of amides is 1. The molecule has 0 radical (unpaired) electrons. The van der Waals surface area contributed by atoms with Gasteiger partial charge in [-0.15, -0.1) is 0 Å². The van der Waals surface area contributed by atoms with E-state index in [1.165, 1.54) is 11.1 Å². The summed E-state index contributed by atoms with van der Waals surface area (Å²) >= 11 is 0. The zero-order chi connectivity index (χ0) is 21.6. The molecule has 1 saturated carbocycles. The zero-order valence-corrected chi connectivity index (χ0v) is 18.7. The first-order valence-corrected chi connectivity index (χ1v) is 11.0. The van der Waals surface area contributed by atoms with E-state index in [1.807, 2.05) is 20.8 Å². The van der Waals surface area contributed by atoms with Crippen LogP contribution in [-0.2, 0) is 17.6 Å². The van der Waals surface area contributed by atoms with E-state index in [1.54, 1.807) is 7.05 Å². The fourth-order valence-electron chi connectivity index (χ4n) is 3.96. The van der Waals surface area contributed by atoms with Crippen molar-refractivity contribution in [1.29, 1.82) is 0 Å². The number of rotatable bonds is 5. The molecule has 1 fully saturated rings. The molecule has 0 aromatic heterocycles. The average molecular weight is 417 g/mol. The first kappa shape index (κ1) is 22.2. The molecule has 0 spiro atoms. The highest BCUT2D eigenvalue weighted by atomic mass is 16.6. The third kappa shape index (κ3) is 6.82. The van der Waals surface area contributed by atoms with Crippen molar-refractivity contribution in [2.75, 3.05) is 20.2 Å². The van der Waals surface area contributed by atoms with Crippen LogP contribution in [0, 0.1) is 0 Å². The van der Waals surface area contributed by atoms with Crippen LogP contribution in [0.3, 0.4) is 0 Å². The fourth-order valence-corrected chi connectivity index (χ4v) is 3.96. The van der Waals surface area contributed by atoms with Crippen molar-refractivity contribution < 1.29 is 14.3 Å². The number of hydrogen-bond donors (Lipinski definition) is 3. The molecule has 1 heterocycles. The van der Waals surface area contributed by atoms with Crippen LogP contribution < -0.4 is 20.7 Å². The van der Waals surface area contributed by atoms with Crippen LogP contribution in [0.2, 0.25) is 0 Å².